The van der Waals surface area contributed by atoms with Gasteiger partial charge in [0.1, 0.15) is 5.82 Å². The van der Waals surface area contributed by atoms with Gasteiger partial charge < -0.3 is 10.1 Å². The van der Waals surface area contributed by atoms with Crippen molar-refractivity contribution in [2.24, 2.45) is 0 Å². The fourth-order valence-electron chi connectivity index (χ4n) is 2.28. The molecule has 18 heavy (non-hydrogen) atoms. The lowest BCUT2D eigenvalue weighted by Gasteiger charge is -2.10. The van der Waals surface area contributed by atoms with Crippen LogP contribution in [0.4, 0.5) is 0 Å². The van der Waals surface area contributed by atoms with Crippen LogP contribution in [0.3, 0.4) is 0 Å². The van der Waals surface area contributed by atoms with E-state index in [-0.39, 0.29) is 0 Å². The Morgan fingerprint density at radius 1 is 1.44 bits per heavy atom. The zero-order chi connectivity index (χ0) is 12.8. The SMILES string of the molecule is CCCNCc1cc(C)nc(CC2CCCO2)n1. The third kappa shape index (κ3) is 4.03. The first-order valence-electron chi connectivity index (χ1n) is 6.93. The maximum atomic E-state index is 5.64. The third-order valence-corrected chi connectivity index (χ3v) is 3.12. The highest BCUT2D eigenvalue weighted by atomic mass is 16.5. The van der Waals surface area contributed by atoms with E-state index in [2.05, 4.69) is 28.3 Å². The summed E-state index contributed by atoms with van der Waals surface area (Å²) in [6.45, 7) is 6.95. The van der Waals surface area contributed by atoms with Crippen LogP contribution in [0, 0.1) is 6.92 Å². The smallest absolute Gasteiger partial charge is 0.131 e. The molecule has 2 heterocycles. The van der Waals surface area contributed by atoms with Crippen molar-refractivity contribution in [3.8, 4) is 0 Å². The molecule has 1 N–H and O–H groups in total. The van der Waals surface area contributed by atoms with Gasteiger partial charge in [-0.15, -0.1) is 0 Å². The van der Waals surface area contributed by atoms with Crippen molar-refractivity contribution in [3.63, 3.8) is 0 Å². The fraction of sp³-hybridized carbons (Fsp3) is 0.714. The molecule has 1 aromatic rings. The Morgan fingerprint density at radius 2 is 2.33 bits per heavy atom. The van der Waals surface area contributed by atoms with Crippen molar-refractivity contribution in [1.29, 1.82) is 0 Å². The van der Waals surface area contributed by atoms with Crippen LogP contribution in [-0.4, -0.2) is 29.2 Å². The van der Waals surface area contributed by atoms with Crippen LogP contribution < -0.4 is 5.32 Å². The highest BCUT2D eigenvalue weighted by Crippen LogP contribution is 2.15. The Hall–Kier alpha value is -1.00. The molecule has 100 valence electrons. The number of aryl methyl sites for hydroxylation is 1. The second kappa shape index (κ2) is 6.81. The van der Waals surface area contributed by atoms with E-state index in [1.807, 2.05) is 6.92 Å². The molecule has 1 aliphatic rings. The number of rotatable bonds is 6. The molecular formula is C14H23N3O. The van der Waals surface area contributed by atoms with E-state index >= 15 is 0 Å². The number of nitrogens with one attached hydrogen (secondary N) is 1. The summed E-state index contributed by atoms with van der Waals surface area (Å²) in [5.74, 6) is 0.926. The minimum Gasteiger partial charge on any atom is -0.378 e. The Kier molecular flexibility index (Phi) is 5.08. The van der Waals surface area contributed by atoms with Crippen LogP contribution in [0.1, 0.15) is 43.4 Å². The van der Waals surface area contributed by atoms with Gasteiger partial charge in [-0.05, 0) is 38.8 Å². The van der Waals surface area contributed by atoms with Gasteiger partial charge in [0, 0.05) is 25.3 Å². The van der Waals surface area contributed by atoms with Gasteiger partial charge in [-0.2, -0.15) is 0 Å². The molecule has 1 saturated heterocycles. The van der Waals surface area contributed by atoms with Gasteiger partial charge >= 0.3 is 0 Å². The van der Waals surface area contributed by atoms with Gasteiger partial charge in [0.2, 0.25) is 0 Å². The zero-order valence-electron chi connectivity index (χ0n) is 11.4. The summed E-state index contributed by atoms with van der Waals surface area (Å²) >= 11 is 0. The first-order valence-corrected chi connectivity index (χ1v) is 6.93. The Morgan fingerprint density at radius 3 is 3.06 bits per heavy atom. The van der Waals surface area contributed by atoms with Crippen LogP contribution in [0.2, 0.25) is 0 Å². The largest absolute Gasteiger partial charge is 0.378 e. The lowest BCUT2D eigenvalue weighted by Crippen LogP contribution is -2.17. The molecule has 1 fully saturated rings. The van der Waals surface area contributed by atoms with Gasteiger partial charge in [-0.3, -0.25) is 0 Å². The van der Waals surface area contributed by atoms with Crippen LogP contribution >= 0.6 is 0 Å². The number of hydrogen-bond acceptors (Lipinski definition) is 4. The Labute approximate surface area is 109 Å². The molecule has 4 nitrogen and oxygen atoms in total. The van der Waals surface area contributed by atoms with Crippen molar-refractivity contribution in [2.75, 3.05) is 13.2 Å². The van der Waals surface area contributed by atoms with E-state index in [9.17, 15) is 0 Å². The Balaban J connectivity index is 1.96. The molecule has 0 spiro atoms. The highest BCUT2D eigenvalue weighted by Gasteiger charge is 2.17. The van der Waals surface area contributed by atoms with E-state index in [1.165, 1.54) is 6.42 Å². The first-order chi connectivity index (χ1) is 8.78. The molecule has 2 rings (SSSR count). The van der Waals surface area contributed by atoms with Crippen molar-refractivity contribution >= 4 is 0 Å². The maximum Gasteiger partial charge on any atom is 0.131 e. The van der Waals surface area contributed by atoms with Crippen LogP contribution in [0.25, 0.3) is 0 Å². The molecule has 0 bridgehead atoms. The molecule has 0 aliphatic carbocycles. The lowest BCUT2D eigenvalue weighted by atomic mass is 10.1. The summed E-state index contributed by atoms with van der Waals surface area (Å²) in [5.41, 5.74) is 2.13. The van der Waals surface area contributed by atoms with E-state index in [0.29, 0.717) is 6.10 Å². The molecule has 1 atom stereocenters. The normalized spacial score (nSPS) is 19.3. The summed E-state index contributed by atoms with van der Waals surface area (Å²) in [7, 11) is 0. The van der Waals surface area contributed by atoms with Crippen molar-refractivity contribution in [3.05, 3.63) is 23.3 Å². The second-order valence-electron chi connectivity index (χ2n) is 4.93. The quantitative estimate of drug-likeness (QED) is 0.783. The van der Waals surface area contributed by atoms with Gasteiger partial charge in [0.25, 0.3) is 0 Å². The molecule has 0 amide bonds. The summed E-state index contributed by atoms with van der Waals surface area (Å²) < 4.78 is 5.64. The molecule has 4 heteroatoms. The van der Waals surface area contributed by atoms with Crippen molar-refractivity contribution in [1.82, 2.24) is 15.3 Å². The number of aromatic nitrogens is 2. The zero-order valence-corrected chi connectivity index (χ0v) is 11.4. The molecule has 1 unspecified atom stereocenters. The van der Waals surface area contributed by atoms with Crippen molar-refractivity contribution < 1.29 is 4.74 Å². The topological polar surface area (TPSA) is 47.0 Å². The third-order valence-electron chi connectivity index (χ3n) is 3.12. The predicted molar refractivity (Wildman–Crippen MR) is 71.4 cm³/mol. The summed E-state index contributed by atoms with van der Waals surface area (Å²) in [6.07, 6.45) is 4.63. The number of nitrogens with zero attached hydrogens (tertiary/aromatic N) is 2. The summed E-state index contributed by atoms with van der Waals surface area (Å²) in [5, 5.41) is 3.38. The van der Waals surface area contributed by atoms with E-state index in [4.69, 9.17) is 4.74 Å². The summed E-state index contributed by atoms with van der Waals surface area (Å²) in [4.78, 5) is 9.12. The maximum absolute atomic E-state index is 5.64. The Bertz CT molecular complexity index is 375. The second-order valence-corrected chi connectivity index (χ2v) is 4.93. The minimum absolute atomic E-state index is 0.322. The van der Waals surface area contributed by atoms with Gasteiger partial charge in [0.15, 0.2) is 0 Å². The first kappa shape index (κ1) is 13.4. The molecular weight excluding hydrogens is 226 g/mol. The van der Waals surface area contributed by atoms with E-state index < -0.39 is 0 Å². The number of ether oxygens (including phenoxy) is 1. The standard InChI is InChI=1S/C14H23N3O/c1-3-6-15-10-12-8-11(2)16-14(17-12)9-13-5-4-7-18-13/h8,13,15H,3-7,9-10H2,1-2H3. The van der Waals surface area contributed by atoms with Gasteiger partial charge in [-0.1, -0.05) is 6.92 Å². The van der Waals surface area contributed by atoms with E-state index in [1.54, 1.807) is 0 Å². The van der Waals surface area contributed by atoms with Gasteiger partial charge in [0.05, 0.1) is 11.8 Å². The van der Waals surface area contributed by atoms with Crippen LogP contribution in [0.5, 0.6) is 0 Å². The van der Waals surface area contributed by atoms with Gasteiger partial charge in [-0.25, -0.2) is 9.97 Å². The van der Waals surface area contributed by atoms with Crippen LogP contribution in [0.15, 0.2) is 6.07 Å². The molecule has 1 aliphatic heterocycles. The predicted octanol–water partition coefficient (Wildman–Crippen LogP) is 2.01. The molecule has 1 aromatic heterocycles. The minimum atomic E-state index is 0.322. The average molecular weight is 249 g/mol. The van der Waals surface area contributed by atoms with Crippen LogP contribution in [-0.2, 0) is 17.7 Å². The molecule has 0 aromatic carbocycles. The monoisotopic (exact) mass is 249 g/mol. The molecule has 0 saturated carbocycles. The number of hydrogen-bond donors (Lipinski definition) is 1. The lowest BCUT2D eigenvalue weighted by molar-refractivity contribution is 0.110. The average Bonchev–Trinajstić information content (AvgIpc) is 2.81. The highest BCUT2D eigenvalue weighted by molar-refractivity contribution is 5.10. The fourth-order valence-corrected chi connectivity index (χ4v) is 2.28. The summed E-state index contributed by atoms with van der Waals surface area (Å²) in [6, 6.07) is 2.06. The van der Waals surface area contributed by atoms with Crippen molar-refractivity contribution in [2.45, 2.75) is 52.2 Å². The van der Waals surface area contributed by atoms with E-state index in [0.717, 1.165) is 56.2 Å². The molecule has 0 radical (unpaired) electrons.